The third kappa shape index (κ3) is 3.69. The minimum Gasteiger partial charge on any atom is -0.438 e. The van der Waals surface area contributed by atoms with Gasteiger partial charge in [0.1, 0.15) is 10.8 Å². The van der Waals surface area contributed by atoms with Gasteiger partial charge in [0, 0.05) is 12.7 Å². The molecule has 1 aromatic carbocycles. The fraction of sp³-hybridized carbons (Fsp3) is 0.267. The first-order valence-electron chi connectivity index (χ1n) is 6.28. The molecular formula is C15H17ClN2O. The summed E-state index contributed by atoms with van der Waals surface area (Å²) < 4.78 is 5.68. The number of aryl methyl sites for hydroxylation is 1. The normalized spacial score (nSPS) is 10.5. The predicted molar refractivity (Wildman–Crippen MR) is 77.9 cm³/mol. The maximum Gasteiger partial charge on any atom is 0.238 e. The number of halogens is 1. The molecule has 0 atom stereocenters. The minimum absolute atomic E-state index is 0.436. The second kappa shape index (κ2) is 6.55. The Kier molecular flexibility index (Phi) is 4.77. The summed E-state index contributed by atoms with van der Waals surface area (Å²) in [6.45, 7) is 2.85. The SMILES string of the molecule is CCc1ccc(Oc2ncc(CNC)cc2Cl)cc1. The van der Waals surface area contributed by atoms with Crippen molar-refractivity contribution in [3.8, 4) is 11.6 Å². The predicted octanol–water partition coefficient (Wildman–Crippen LogP) is 3.81. The van der Waals surface area contributed by atoms with Gasteiger partial charge in [0.05, 0.1) is 0 Å². The van der Waals surface area contributed by atoms with Crippen molar-refractivity contribution in [2.45, 2.75) is 19.9 Å². The number of hydrogen-bond acceptors (Lipinski definition) is 3. The van der Waals surface area contributed by atoms with Crippen LogP contribution < -0.4 is 10.1 Å². The molecule has 2 aromatic rings. The molecular weight excluding hydrogens is 260 g/mol. The van der Waals surface area contributed by atoms with Crippen molar-refractivity contribution >= 4 is 11.6 Å². The molecule has 0 aliphatic carbocycles. The van der Waals surface area contributed by atoms with Crippen LogP contribution in [0.4, 0.5) is 0 Å². The summed E-state index contributed by atoms with van der Waals surface area (Å²) in [6.07, 6.45) is 2.77. The van der Waals surface area contributed by atoms with Gasteiger partial charge in [-0.3, -0.25) is 0 Å². The number of benzene rings is 1. The van der Waals surface area contributed by atoms with E-state index in [1.165, 1.54) is 5.56 Å². The van der Waals surface area contributed by atoms with E-state index in [1.54, 1.807) is 6.20 Å². The van der Waals surface area contributed by atoms with Gasteiger partial charge >= 0.3 is 0 Å². The van der Waals surface area contributed by atoms with Gasteiger partial charge in [0.25, 0.3) is 0 Å². The summed E-state index contributed by atoms with van der Waals surface area (Å²) in [4.78, 5) is 4.24. The van der Waals surface area contributed by atoms with Gasteiger partial charge in [-0.2, -0.15) is 0 Å². The van der Waals surface area contributed by atoms with E-state index in [1.807, 2.05) is 37.4 Å². The maximum atomic E-state index is 6.16. The maximum absolute atomic E-state index is 6.16. The number of aromatic nitrogens is 1. The number of ether oxygens (including phenoxy) is 1. The van der Waals surface area contributed by atoms with Crippen molar-refractivity contribution < 1.29 is 4.74 Å². The van der Waals surface area contributed by atoms with Gasteiger partial charge in [-0.1, -0.05) is 30.7 Å². The minimum atomic E-state index is 0.436. The summed E-state index contributed by atoms with van der Waals surface area (Å²) in [5, 5.41) is 3.57. The Morgan fingerprint density at radius 1 is 1.21 bits per heavy atom. The van der Waals surface area contributed by atoms with Crippen LogP contribution in [-0.4, -0.2) is 12.0 Å². The molecule has 0 saturated carbocycles. The second-order valence-corrected chi connectivity index (χ2v) is 4.67. The molecule has 0 amide bonds. The van der Waals surface area contributed by atoms with Crippen LogP contribution in [-0.2, 0) is 13.0 Å². The molecule has 0 aliphatic rings. The van der Waals surface area contributed by atoms with Crippen LogP contribution in [0.3, 0.4) is 0 Å². The number of nitrogens with zero attached hydrogens (tertiary/aromatic N) is 1. The molecule has 0 spiro atoms. The first-order chi connectivity index (χ1) is 9.22. The molecule has 1 heterocycles. The van der Waals surface area contributed by atoms with Crippen LogP contribution in [0.25, 0.3) is 0 Å². The van der Waals surface area contributed by atoms with E-state index in [2.05, 4.69) is 17.2 Å². The first kappa shape index (κ1) is 13.8. The van der Waals surface area contributed by atoms with E-state index in [-0.39, 0.29) is 0 Å². The van der Waals surface area contributed by atoms with Crippen LogP contribution >= 0.6 is 11.6 Å². The number of rotatable bonds is 5. The Morgan fingerprint density at radius 3 is 2.53 bits per heavy atom. The van der Waals surface area contributed by atoms with Crippen LogP contribution in [0.2, 0.25) is 5.02 Å². The molecule has 0 saturated heterocycles. The zero-order valence-electron chi connectivity index (χ0n) is 11.1. The zero-order chi connectivity index (χ0) is 13.7. The Balaban J connectivity index is 2.13. The molecule has 0 radical (unpaired) electrons. The third-order valence-corrected chi connectivity index (χ3v) is 3.06. The number of nitrogens with one attached hydrogen (secondary N) is 1. The van der Waals surface area contributed by atoms with Crippen molar-refractivity contribution in [2.75, 3.05) is 7.05 Å². The highest BCUT2D eigenvalue weighted by atomic mass is 35.5. The molecule has 0 unspecified atom stereocenters. The van der Waals surface area contributed by atoms with E-state index < -0.39 is 0 Å². The summed E-state index contributed by atoms with van der Waals surface area (Å²) in [5.41, 5.74) is 2.30. The number of pyridine rings is 1. The summed E-state index contributed by atoms with van der Waals surface area (Å²) in [5.74, 6) is 1.18. The monoisotopic (exact) mass is 276 g/mol. The molecule has 19 heavy (non-hydrogen) atoms. The van der Waals surface area contributed by atoms with Crippen molar-refractivity contribution in [2.24, 2.45) is 0 Å². The lowest BCUT2D eigenvalue weighted by Gasteiger charge is -2.08. The van der Waals surface area contributed by atoms with Crippen LogP contribution in [0, 0.1) is 0 Å². The van der Waals surface area contributed by atoms with Crippen molar-refractivity contribution in [3.05, 3.63) is 52.7 Å². The van der Waals surface area contributed by atoms with Gasteiger partial charge in [-0.15, -0.1) is 0 Å². The topological polar surface area (TPSA) is 34.1 Å². The summed E-state index contributed by atoms with van der Waals surface area (Å²) in [7, 11) is 1.88. The van der Waals surface area contributed by atoms with Gasteiger partial charge < -0.3 is 10.1 Å². The van der Waals surface area contributed by atoms with E-state index in [4.69, 9.17) is 16.3 Å². The highest BCUT2D eigenvalue weighted by Gasteiger charge is 2.06. The van der Waals surface area contributed by atoms with Crippen molar-refractivity contribution in [1.29, 1.82) is 0 Å². The molecule has 1 aromatic heterocycles. The summed E-state index contributed by atoms with van der Waals surface area (Å²) in [6, 6.07) is 9.80. The largest absolute Gasteiger partial charge is 0.438 e. The van der Waals surface area contributed by atoms with Crippen LogP contribution in [0.1, 0.15) is 18.1 Å². The molecule has 0 aliphatic heterocycles. The van der Waals surface area contributed by atoms with E-state index in [0.29, 0.717) is 10.9 Å². The second-order valence-electron chi connectivity index (χ2n) is 4.26. The average Bonchev–Trinajstić information content (AvgIpc) is 2.43. The lowest BCUT2D eigenvalue weighted by Crippen LogP contribution is -2.05. The summed E-state index contributed by atoms with van der Waals surface area (Å²) >= 11 is 6.16. The van der Waals surface area contributed by atoms with Crippen molar-refractivity contribution in [3.63, 3.8) is 0 Å². The molecule has 2 rings (SSSR count). The Hall–Kier alpha value is -1.58. The van der Waals surface area contributed by atoms with Gasteiger partial charge in [0.15, 0.2) is 0 Å². The third-order valence-electron chi connectivity index (χ3n) is 2.79. The van der Waals surface area contributed by atoms with Gasteiger partial charge in [-0.25, -0.2) is 4.98 Å². The molecule has 1 N–H and O–H groups in total. The fourth-order valence-electron chi connectivity index (χ4n) is 1.75. The van der Waals surface area contributed by atoms with Gasteiger partial charge in [-0.05, 0) is 42.8 Å². The number of hydrogen-bond donors (Lipinski definition) is 1. The van der Waals surface area contributed by atoms with E-state index in [9.17, 15) is 0 Å². The molecule has 3 nitrogen and oxygen atoms in total. The van der Waals surface area contributed by atoms with Crippen LogP contribution in [0.15, 0.2) is 36.5 Å². The quantitative estimate of drug-likeness (QED) is 0.902. The zero-order valence-corrected chi connectivity index (χ0v) is 11.9. The molecule has 4 heteroatoms. The molecule has 100 valence electrons. The van der Waals surface area contributed by atoms with Crippen LogP contribution in [0.5, 0.6) is 11.6 Å². The lowest BCUT2D eigenvalue weighted by molar-refractivity contribution is 0.462. The average molecular weight is 277 g/mol. The van der Waals surface area contributed by atoms with E-state index >= 15 is 0 Å². The lowest BCUT2D eigenvalue weighted by atomic mass is 10.2. The Morgan fingerprint density at radius 2 is 1.95 bits per heavy atom. The smallest absolute Gasteiger partial charge is 0.238 e. The highest BCUT2D eigenvalue weighted by molar-refractivity contribution is 6.31. The van der Waals surface area contributed by atoms with E-state index in [0.717, 1.165) is 24.3 Å². The van der Waals surface area contributed by atoms with Gasteiger partial charge in [0.2, 0.25) is 5.88 Å². The highest BCUT2D eigenvalue weighted by Crippen LogP contribution is 2.27. The Labute approximate surface area is 118 Å². The van der Waals surface area contributed by atoms with Crippen molar-refractivity contribution in [1.82, 2.24) is 10.3 Å². The standard InChI is InChI=1S/C15H17ClN2O/c1-3-11-4-6-13(7-5-11)19-15-14(16)8-12(9-17-2)10-18-15/h4-8,10,17H,3,9H2,1-2H3. The molecule has 0 bridgehead atoms. The molecule has 0 fully saturated rings. The first-order valence-corrected chi connectivity index (χ1v) is 6.66. The Bertz CT molecular complexity index is 540. The fourth-order valence-corrected chi connectivity index (χ4v) is 1.97.